The predicted molar refractivity (Wildman–Crippen MR) is 97.2 cm³/mol. The zero-order valence-corrected chi connectivity index (χ0v) is 14.1. The van der Waals surface area contributed by atoms with E-state index in [1.807, 2.05) is 12.1 Å². The van der Waals surface area contributed by atoms with Gasteiger partial charge in [0.05, 0.1) is 15.8 Å². The first-order chi connectivity index (χ1) is 12.6. The first-order valence-corrected chi connectivity index (χ1v) is 8.49. The maximum atomic E-state index is 13.8. The Bertz CT molecular complexity index is 1090. The summed E-state index contributed by atoms with van der Waals surface area (Å²) in [7, 11) is 0. The van der Waals surface area contributed by atoms with E-state index in [4.69, 9.17) is 0 Å². The molecule has 4 nitrogen and oxygen atoms in total. The van der Waals surface area contributed by atoms with Crippen molar-refractivity contribution in [3.05, 3.63) is 78.1 Å². The molecule has 0 fully saturated rings. The number of hydrogen-bond donors (Lipinski definition) is 1. The average molecular weight is 367 g/mol. The highest BCUT2D eigenvalue weighted by molar-refractivity contribution is 7.21. The summed E-state index contributed by atoms with van der Waals surface area (Å²) in [6.07, 6.45) is 3.43. The fourth-order valence-corrected chi connectivity index (χ4v) is 3.43. The van der Waals surface area contributed by atoms with Crippen molar-refractivity contribution in [2.24, 2.45) is 0 Å². The van der Waals surface area contributed by atoms with Crippen LogP contribution in [0.25, 0.3) is 20.8 Å². The smallest absolute Gasteiger partial charge is 0.258 e. The van der Waals surface area contributed by atoms with Crippen LogP contribution in [0.2, 0.25) is 0 Å². The van der Waals surface area contributed by atoms with Crippen molar-refractivity contribution in [2.75, 3.05) is 5.32 Å². The van der Waals surface area contributed by atoms with Crippen molar-refractivity contribution in [1.82, 2.24) is 9.97 Å². The van der Waals surface area contributed by atoms with E-state index >= 15 is 0 Å². The minimum atomic E-state index is -0.905. The van der Waals surface area contributed by atoms with Crippen LogP contribution in [0, 0.1) is 11.6 Å². The highest BCUT2D eigenvalue weighted by Gasteiger charge is 2.13. The number of nitrogens with zero attached hydrogens (tertiary/aromatic N) is 2. The van der Waals surface area contributed by atoms with Gasteiger partial charge >= 0.3 is 0 Å². The Balaban J connectivity index is 1.62. The molecule has 4 aromatic rings. The summed E-state index contributed by atoms with van der Waals surface area (Å²) < 4.78 is 27.7. The van der Waals surface area contributed by atoms with Gasteiger partial charge in [0.15, 0.2) is 0 Å². The number of thiazole rings is 1. The number of carbonyl (C=O) groups excluding carboxylic acids is 1. The number of rotatable bonds is 3. The van der Waals surface area contributed by atoms with Gasteiger partial charge in [0, 0.05) is 29.7 Å². The van der Waals surface area contributed by atoms with Gasteiger partial charge in [0.25, 0.3) is 5.91 Å². The zero-order chi connectivity index (χ0) is 18.1. The lowest BCUT2D eigenvalue weighted by Gasteiger charge is -2.07. The van der Waals surface area contributed by atoms with Gasteiger partial charge in [-0.15, -0.1) is 11.3 Å². The molecule has 0 saturated heterocycles. The van der Waals surface area contributed by atoms with Gasteiger partial charge in [-0.1, -0.05) is 12.1 Å². The van der Waals surface area contributed by atoms with Crippen molar-refractivity contribution in [2.45, 2.75) is 0 Å². The Kier molecular flexibility index (Phi) is 4.14. The Morgan fingerprint density at radius 1 is 1.08 bits per heavy atom. The number of anilines is 1. The summed E-state index contributed by atoms with van der Waals surface area (Å²) in [5, 5.41) is 3.41. The second-order valence-electron chi connectivity index (χ2n) is 5.52. The molecule has 2 aromatic heterocycles. The molecule has 4 rings (SSSR count). The Morgan fingerprint density at radius 3 is 2.77 bits per heavy atom. The van der Waals surface area contributed by atoms with Gasteiger partial charge in [-0.25, -0.2) is 13.8 Å². The summed E-state index contributed by atoms with van der Waals surface area (Å²) in [5.74, 6) is -2.28. The quantitative estimate of drug-likeness (QED) is 0.561. The minimum absolute atomic E-state index is 0.220. The van der Waals surface area contributed by atoms with Crippen molar-refractivity contribution in [3.63, 3.8) is 0 Å². The summed E-state index contributed by atoms with van der Waals surface area (Å²) in [5.41, 5.74) is 1.95. The Morgan fingerprint density at radius 2 is 1.96 bits per heavy atom. The predicted octanol–water partition coefficient (Wildman–Crippen LogP) is 4.89. The molecule has 0 atom stereocenters. The molecular weight excluding hydrogens is 356 g/mol. The molecule has 1 amide bonds. The van der Waals surface area contributed by atoms with Gasteiger partial charge in [-0.3, -0.25) is 9.78 Å². The molecule has 0 unspecified atom stereocenters. The summed E-state index contributed by atoms with van der Waals surface area (Å²) in [4.78, 5) is 20.9. The normalized spacial score (nSPS) is 10.8. The van der Waals surface area contributed by atoms with Crippen LogP contribution in [0.15, 0.2) is 60.9 Å². The Labute approximate surface area is 151 Å². The third-order valence-corrected chi connectivity index (χ3v) is 4.79. The maximum absolute atomic E-state index is 13.8. The van der Waals surface area contributed by atoms with E-state index in [0.717, 1.165) is 32.9 Å². The van der Waals surface area contributed by atoms with Crippen LogP contribution in [0.3, 0.4) is 0 Å². The van der Waals surface area contributed by atoms with Crippen LogP contribution in [0.4, 0.5) is 14.5 Å². The molecule has 7 heteroatoms. The fourth-order valence-electron chi connectivity index (χ4n) is 2.51. The molecular formula is C19H11F2N3OS. The monoisotopic (exact) mass is 367 g/mol. The van der Waals surface area contributed by atoms with Gasteiger partial charge in [0.1, 0.15) is 16.6 Å². The standard InChI is InChI=1S/C19H11F2N3OS/c20-12-4-5-14(15(21)9-12)18(25)23-13-3-1-2-11(8-13)19-24-16-6-7-22-10-17(16)26-19/h1-10H,(H,23,25). The molecule has 26 heavy (non-hydrogen) atoms. The molecule has 0 radical (unpaired) electrons. The van der Waals surface area contributed by atoms with Crippen LogP contribution >= 0.6 is 11.3 Å². The van der Waals surface area contributed by atoms with Gasteiger partial charge < -0.3 is 5.32 Å². The van der Waals surface area contributed by atoms with Crippen LogP contribution in [-0.2, 0) is 0 Å². The van der Waals surface area contributed by atoms with Gasteiger partial charge in [-0.05, 0) is 30.3 Å². The molecule has 0 saturated carbocycles. The molecule has 0 bridgehead atoms. The number of aromatic nitrogens is 2. The molecule has 0 spiro atoms. The molecule has 2 heterocycles. The van der Waals surface area contributed by atoms with Crippen molar-refractivity contribution >= 4 is 33.1 Å². The zero-order valence-electron chi connectivity index (χ0n) is 13.2. The van der Waals surface area contributed by atoms with Crippen LogP contribution in [0.5, 0.6) is 0 Å². The third kappa shape index (κ3) is 3.16. The summed E-state index contributed by atoms with van der Waals surface area (Å²) in [6, 6.07) is 11.8. The van der Waals surface area contributed by atoms with E-state index in [1.54, 1.807) is 30.6 Å². The second-order valence-corrected chi connectivity index (χ2v) is 6.55. The lowest BCUT2D eigenvalue weighted by atomic mass is 10.1. The van der Waals surface area contributed by atoms with Crippen molar-refractivity contribution in [1.29, 1.82) is 0 Å². The number of carbonyl (C=O) groups is 1. The molecule has 128 valence electrons. The number of fused-ring (bicyclic) bond motifs is 1. The molecule has 0 aliphatic carbocycles. The topological polar surface area (TPSA) is 54.9 Å². The lowest BCUT2D eigenvalue weighted by molar-refractivity contribution is 0.102. The summed E-state index contributed by atoms with van der Waals surface area (Å²) >= 11 is 1.49. The molecule has 0 aliphatic rings. The second kappa shape index (κ2) is 6.61. The number of hydrogen-bond acceptors (Lipinski definition) is 4. The molecule has 0 aliphatic heterocycles. The average Bonchev–Trinajstić information content (AvgIpc) is 3.06. The van der Waals surface area contributed by atoms with Crippen molar-refractivity contribution in [3.8, 4) is 10.6 Å². The van der Waals surface area contributed by atoms with Crippen LogP contribution in [-0.4, -0.2) is 15.9 Å². The number of pyridine rings is 1. The van der Waals surface area contributed by atoms with Gasteiger partial charge in [-0.2, -0.15) is 0 Å². The SMILES string of the molecule is O=C(Nc1cccc(-c2nc3ccncc3s2)c1)c1ccc(F)cc1F. The van der Waals surface area contributed by atoms with E-state index in [2.05, 4.69) is 15.3 Å². The number of benzene rings is 2. The number of halogens is 2. The largest absolute Gasteiger partial charge is 0.322 e. The first kappa shape index (κ1) is 16.3. The first-order valence-electron chi connectivity index (χ1n) is 7.67. The van der Waals surface area contributed by atoms with E-state index in [1.165, 1.54) is 11.3 Å². The minimum Gasteiger partial charge on any atom is -0.322 e. The highest BCUT2D eigenvalue weighted by Crippen LogP contribution is 2.30. The van der Waals surface area contributed by atoms with E-state index < -0.39 is 17.5 Å². The molecule has 1 N–H and O–H groups in total. The Hall–Kier alpha value is -3.19. The van der Waals surface area contributed by atoms with E-state index in [0.29, 0.717) is 11.8 Å². The van der Waals surface area contributed by atoms with Crippen LogP contribution in [0.1, 0.15) is 10.4 Å². The van der Waals surface area contributed by atoms with Crippen molar-refractivity contribution < 1.29 is 13.6 Å². The van der Waals surface area contributed by atoms with Crippen LogP contribution < -0.4 is 5.32 Å². The lowest BCUT2D eigenvalue weighted by Crippen LogP contribution is -2.13. The third-order valence-electron chi connectivity index (χ3n) is 3.73. The maximum Gasteiger partial charge on any atom is 0.258 e. The number of amides is 1. The van der Waals surface area contributed by atoms with E-state index in [9.17, 15) is 13.6 Å². The number of nitrogens with one attached hydrogen (secondary N) is 1. The van der Waals surface area contributed by atoms with E-state index in [-0.39, 0.29) is 5.56 Å². The molecule has 2 aromatic carbocycles. The fraction of sp³-hybridized carbons (Fsp3) is 0. The van der Waals surface area contributed by atoms with Gasteiger partial charge in [0.2, 0.25) is 0 Å². The summed E-state index contributed by atoms with van der Waals surface area (Å²) in [6.45, 7) is 0. The highest BCUT2D eigenvalue weighted by atomic mass is 32.1.